The van der Waals surface area contributed by atoms with Gasteiger partial charge in [-0.05, 0) is 55.3 Å². The van der Waals surface area contributed by atoms with Crippen LogP contribution in [0.4, 0.5) is 0 Å². The van der Waals surface area contributed by atoms with Gasteiger partial charge >= 0.3 is 5.97 Å². The number of hydrogen-bond acceptors (Lipinski definition) is 5. The molecule has 0 heterocycles. The molecule has 30 heavy (non-hydrogen) atoms. The van der Waals surface area contributed by atoms with Gasteiger partial charge in [0.05, 0.1) is 17.7 Å². The molecule has 2 aromatic rings. The Morgan fingerprint density at radius 3 is 2.47 bits per heavy atom. The molecule has 2 aromatic carbocycles. The van der Waals surface area contributed by atoms with Crippen molar-refractivity contribution in [1.82, 2.24) is 5.32 Å². The average molecular weight is 429 g/mol. The van der Waals surface area contributed by atoms with E-state index in [2.05, 4.69) is 5.32 Å². The Bertz CT molecular complexity index is 1010. The van der Waals surface area contributed by atoms with E-state index in [0.717, 1.165) is 5.56 Å². The van der Waals surface area contributed by atoms with E-state index in [1.165, 1.54) is 25.3 Å². The van der Waals surface area contributed by atoms with Gasteiger partial charge in [-0.3, -0.25) is 4.79 Å². The standard InChI is InChI=1S/C22H21ClN2O5/c1-13(2)25-21(26)17(11-24)8-15-9-18(23)20(19(10-15)29-3)30-12-14-4-6-16(7-5-14)22(27)28/h4-10,13H,12H2,1-3H3,(H,25,26)(H,27,28)/b17-8-. The molecule has 0 radical (unpaired) electrons. The van der Waals surface area contributed by atoms with Crippen LogP contribution in [0.5, 0.6) is 11.5 Å². The van der Waals surface area contributed by atoms with Crippen LogP contribution in [-0.4, -0.2) is 30.1 Å². The number of carbonyl (C=O) groups is 2. The third kappa shape index (κ3) is 6.00. The molecule has 2 rings (SSSR count). The highest BCUT2D eigenvalue weighted by molar-refractivity contribution is 6.32. The number of methoxy groups -OCH3 is 1. The minimum Gasteiger partial charge on any atom is -0.493 e. The van der Waals surface area contributed by atoms with Gasteiger partial charge in [-0.15, -0.1) is 0 Å². The summed E-state index contributed by atoms with van der Waals surface area (Å²) in [6.45, 7) is 3.74. The van der Waals surface area contributed by atoms with Gasteiger partial charge in [0.25, 0.3) is 5.91 Å². The smallest absolute Gasteiger partial charge is 0.335 e. The molecule has 1 amide bonds. The predicted molar refractivity (Wildman–Crippen MR) is 113 cm³/mol. The summed E-state index contributed by atoms with van der Waals surface area (Å²) >= 11 is 6.34. The van der Waals surface area contributed by atoms with Crippen LogP contribution in [0.3, 0.4) is 0 Å². The Labute approximate surface area is 179 Å². The largest absolute Gasteiger partial charge is 0.493 e. The lowest BCUT2D eigenvalue weighted by molar-refractivity contribution is -0.117. The highest BCUT2D eigenvalue weighted by Gasteiger charge is 2.15. The van der Waals surface area contributed by atoms with Gasteiger partial charge in [0.1, 0.15) is 18.2 Å². The zero-order valence-corrected chi connectivity index (χ0v) is 17.5. The first-order valence-electron chi connectivity index (χ1n) is 9.00. The molecule has 0 bridgehead atoms. The SMILES string of the molecule is COc1cc(/C=C(/C#N)C(=O)NC(C)C)cc(Cl)c1OCc1ccc(C(=O)O)cc1. The van der Waals surface area contributed by atoms with E-state index in [1.54, 1.807) is 38.1 Å². The van der Waals surface area contributed by atoms with Crippen molar-refractivity contribution in [2.75, 3.05) is 7.11 Å². The van der Waals surface area contributed by atoms with Gasteiger partial charge in [-0.1, -0.05) is 23.7 Å². The third-order valence-corrected chi connectivity index (χ3v) is 4.21. The third-order valence-electron chi connectivity index (χ3n) is 3.93. The highest BCUT2D eigenvalue weighted by atomic mass is 35.5. The summed E-state index contributed by atoms with van der Waals surface area (Å²) < 4.78 is 11.1. The Kier molecular flexibility index (Phi) is 7.84. The van der Waals surface area contributed by atoms with Crippen LogP contribution in [0.2, 0.25) is 5.02 Å². The summed E-state index contributed by atoms with van der Waals surface area (Å²) in [6, 6.07) is 11.2. The van der Waals surface area contributed by atoms with Gasteiger partial charge in [0, 0.05) is 6.04 Å². The number of carboxylic acids is 1. The first kappa shape index (κ1) is 22.8. The molecule has 2 N–H and O–H groups in total. The summed E-state index contributed by atoms with van der Waals surface area (Å²) in [5, 5.41) is 21.1. The Morgan fingerprint density at radius 1 is 1.27 bits per heavy atom. The van der Waals surface area contributed by atoms with E-state index in [-0.39, 0.29) is 28.8 Å². The highest BCUT2D eigenvalue weighted by Crippen LogP contribution is 2.37. The second-order valence-corrected chi connectivity index (χ2v) is 7.03. The van der Waals surface area contributed by atoms with Crippen molar-refractivity contribution < 1.29 is 24.2 Å². The van der Waals surface area contributed by atoms with E-state index in [1.807, 2.05) is 6.07 Å². The van der Waals surface area contributed by atoms with E-state index in [4.69, 9.17) is 26.2 Å². The molecular weight excluding hydrogens is 408 g/mol. The van der Waals surface area contributed by atoms with Gasteiger partial charge in [-0.2, -0.15) is 5.26 Å². The molecule has 8 heteroatoms. The summed E-state index contributed by atoms with van der Waals surface area (Å²) in [4.78, 5) is 23.0. The number of halogens is 1. The van der Waals surface area contributed by atoms with Gasteiger partial charge in [-0.25, -0.2) is 4.79 Å². The zero-order valence-electron chi connectivity index (χ0n) is 16.7. The molecule has 0 unspecified atom stereocenters. The fourth-order valence-corrected chi connectivity index (χ4v) is 2.79. The number of carbonyl (C=O) groups excluding carboxylic acids is 1. The molecule has 0 fully saturated rings. The van der Waals surface area contributed by atoms with Crippen LogP contribution < -0.4 is 14.8 Å². The zero-order chi connectivity index (χ0) is 22.3. The maximum Gasteiger partial charge on any atom is 0.335 e. The molecule has 0 saturated carbocycles. The monoisotopic (exact) mass is 428 g/mol. The number of benzene rings is 2. The molecule has 156 valence electrons. The van der Waals surface area contributed by atoms with Gasteiger partial charge < -0.3 is 19.9 Å². The lowest BCUT2D eigenvalue weighted by Crippen LogP contribution is -2.30. The number of nitrogens with zero attached hydrogens (tertiary/aromatic N) is 1. The number of carboxylic acid groups (broad SMARTS) is 1. The Morgan fingerprint density at radius 2 is 1.93 bits per heavy atom. The van der Waals surface area contributed by atoms with E-state index < -0.39 is 11.9 Å². The van der Waals surface area contributed by atoms with Crippen molar-refractivity contribution >= 4 is 29.6 Å². The number of amides is 1. The van der Waals surface area contributed by atoms with Crippen molar-refractivity contribution in [1.29, 1.82) is 5.26 Å². The maximum absolute atomic E-state index is 12.1. The van der Waals surface area contributed by atoms with Crippen LogP contribution in [0, 0.1) is 11.3 Å². The van der Waals surface area contributed by atoms with Crippen LogP contribution in [0.1, 0.15) is 35.3 Å². The van der Waals surface area contributed by atoms with Crippen LogP contribution >= 0.6 is 11.6 Å². The van der Waals surface area contributed by atoms with Crippen molar-refractivity contribution in [3.63, 3.8) is 0 Å². The Balaban J connectivity index is 2.24. The molecule has 7 nitrogen and oxygen atoms in total. The second kappa shape index (κ2) is 10.3. The first-order chi connectivity index (χ1) is 14.2. The van der Waals surface area contributed by atoms with Crippen molar-refractivity contribution in [3.05, 3.63) is 63.7 Å². The molecule has 0 aliphatic carbocycles. The topological polar surface area (TPSA) is 109 Å². The second-order valence-electron chi connectivity index (χ2n) is 6.62. The number of nitriles is 1. The van der Waals surface area contributed by atoms with Gasteiger partial charge in [0.2, 0.25) is 0 Å². The Hall–Kier alpha value is -3.50. The fraction of sp³-hybridized carbons (Fsp3) is 0.227. The molecule has 0 aliphatic rings. The summed E-state index contributed by atoms with van der Waals surface area (Å²) in [5.41, 5.74) is 1.37. The number of ether oxygens (including phenoxy) is 2. The summed E-state index contributed by atoms with van der Waals surface area (Å²) in [6.07, 6.45) is 1.42. The molecule has 0 saturated heterocycles. The number of hydrogen-bond donors (Lipinski definition) is 2. The van der Waals surface area contributed by atoms with Crippen molar-refractivity contribution in [2.24, 2.45) is 0 Å². The van der Waals surface area contributed by atoms with E-state index in [9.17, 15) is 14.9 Å². The lowest BCUT2D eigenvalue weighted by Gasteiger charge is -2.14. The first-order valence-corrected chi connectivity index (χ1v) is 9.38. The van der Waals surface area contributed by atoms with Crippen molar-refractivity contribution in [3.8, 4) is 17.6 Å². The van der Waals surface area contributed by atoms with Crippen LogP contribution in [-0.2, 0) is 11.4 Å². The van der Waals surface area contributed by atoms with E-state index in [0.29, 0.717) is 17.1 Å². The van der Waals surface area contributed by atoms with Crippen LogP contribution in [0.15, 0.2) is 42.0 Å². The number of aromatic carboxylic acids is 1. The van der Waals surface area contributed by atoms with Crippen molar-refractivity contribution in [2.45, 2.75) is 26.5 Å². The summed E-state index contributed by atoms with van der Waals surface area (Å²) in [7, 11) is 1.45. The minimum atomic E-state index is -1.00. The summed E-state index contributed by atoms with van der Waals surface area (Å²) in [5.74, 6) is -0.858. The molecular formula is C22H21ClN2O5. The fourth-order valence-electron chi connectivity index (χ4n) is 2.52. The minimum absolute atomic E-state index is 0.0611. The number of nitrogens with one attached hydrogen (secondary N) is 1. The lowest BCUT2D eigenvalue weighted by atomic mass is 10.1. The molecule has 0 spiro atoms. The quantitative estimate of drug-likeness (QED) is 0.484. The number of rotatable bonds is 8. The average Bonchev–Trinajstić information content (AvgIpc) is 2.70. The predicted octanol–water partition coefficient (Wildman–Crippen LogP) is 4.06. The normalized spacial score (nSPS) is 11.0. The molecule has 0 atom stereocenters. The van der Waals surface area contributed by atoms with Gasteiger partial charge in [0.15, 0.2) is 11.5 Å². The van der Waals surface area contributed by atoms with E-state index >= 15 is 0 Å². The molecule has 0 aliphatic heterocycles. The molecule has 0 aromatic heterocycles. The maximum atomic E-state index is 12.1. The van der Waals surface area contributed by atoms with Crippen LogP contribution in [0.25, 0.3) is 6.08 Å².